The molecule has 1 aromatic rings. The molecule has 1 aliphatic heterocycles. The summed E-state index contributed by atoms with van der Waals surface area (Å²) >= 11 is 1.39. The third-order valence-corrected chi connectivity index (χ3v) is 7.08. The first-order valence-corrected chi connectivity index (χ1v) is 11.4. The van der Waals surface area contributed by atoms with Crippen molar-refractivity contribution >= 4 is 33.4 Å². The number of carbonyl (C=O) groups excluding carboxylic acids is 2. The Morgan fingerprint density at radius 3 is 2.27 bits per heavy atom. The van der Waals surface area contributed by atoms with E-state index >= 15 is 0 Å². The zero-order valence-electron chi connectivity index (χ0n) is 15.4. The van der Waals surface area contributed by atoms with Gasteiger partial charge < -0.3 is 0 Å². The molecule has 0 spiro atoms. The van der Waals surface area contributed by atoms with Crippen LogP contribution in [0.15, 0.2) is 29.2 Å². The van der Waals surface area contributed by atoms with Crippen LogP contribution in [0, 0.1) is 5.92 Å². The predicted molar refractivity (Wildman–Crippen MR) is 104 cm³/mol. The molecule has 1 saturated heterocycles. The normalized spacial score (nSPS) is 19.1. The number of rotatable bonds is 5. The second kappa shape index (κ2) is 8.43. The van der Waals surface area contributed by atoms with Gasteiger partial charge in [-0.1, -0.05) is 32.9 Å². The molecule has 26 heavy (non-hydrogen) atoms. The molecular weight excluding hydrogens is 372 g/mol. The maximum absolute atomic E-state index is 11.8. The minimum Gasteiger partial charge on any atom is -0.273 e. The molecule has 0 saturated carbocycles. The second-order valence-electron chi connectivity index (χ2n) is 7.63. The van der Waals surface area contributed by atoms with Crippen LogP contribution in [0.2, 0.25) is 0 Å². The lowest BCUT2D eigenvalue weighted by Gasteiger charge is -2.19. The van der Waals surface area contributed by atoms with E-state index < -0.39 is 9.84 Å². The lowest BCUT2D eigenvalue weighted by atomic mass is 9.87. The number of carbonyl (C=O) groups is 2. The molecule has 0 bridgehead atoms. The molecule has 0 aliphatic carbocycles. The molecule has 2 rings (SSSR count). The fourth-order valence-corrected chi connectivity index (χ4v) is 5.28. The van der Waals surface area contributed by atoms with Crippen molar-refractivity contribution in [1.29, 1.82) is 0 Å². The van der Waals surface area contributed by atoms with Crippen LogP contribution in [0.5, 0.6) is 0 Å². The zero-order chi connectivity index (χ0) is 19.4. The summed E-state index contributed by atoms with van der Waals surface area (Å²) < 4.78 is 22.8. The van der Waals surface area contributed by atoms with E-state index in [1.807, 2.05) is 12.1 Å². The van der Waals surface area contributed by atoms with Crippen molar-refractivity contribution in [2.45, 2.75) is 43.9 Å². The Kier molecular flexibility index (Phi) is 6.74. The summed E-state index contributed by atoms with van der Waals surface area (Å²) in [5.41, 5.74) is 6.05. The van der Waals surface area contributed by atoms with E-state index in [-0.39, 0.29) is 46.8 Å². The molecule has 1 aliphatic rings. The molecule has 144 valence electrons. The fourth-order valence-electron chi connectivity index (χ4n) is 2.72. The Morgan fingerprint density at radius 2 is 1.73 bits per heavy atom. The molecule has 8 heteroatoms. The highest BCUT2D eigenvalue weighted by atomic mass is 32.2. The Hall–Kier alpha value is -1.54. The number of hydrogen-bond donors (Lipinski definition) is 2. The van der Waals surface area contributed by atoms with Crippen LogP contribution < -0.4 is 10.9 Å². The Balaban J connectivity index is 1.69. The van der Waals surface area contributed by atoms with Gasteiger partial charge in [0.1, 0.15) is 0 Å². The van der Waals surface area contributed by atoms with Gasteiger partial charge in [-0.15, -0.1) is 11.8 Å². The van der Waals surface area contributed by atoms with E-state index in [9.17, 15) is 18.0 Å². The summed E-state index contributed by atoms with van der Waals surface area (Å²) in [7, 11) is -2.99. The van der Waals surface area contributed by atoms with Crippen LogP contribution in [0.1, 0.15) is 39.2 Å². The Bertz CT molecular complexity index is 752. The highest BCUT2D eigenvalue weighted by Gasteiger charge is 2.29. The van der Waals surface area contributed by atoms with Crippen molar-refractivity contribution in [3.8, 4) is 0 Å². The fraction of sp³-hybridized carbons (Fsp3) is 0.556. The molecule has 0 unspecified atom stereocenters. The van der Waals surface area contributed by atoms with Gasteiger partial charge in [0.25, 0.3) is 0 Å². The van der Waals surface area contributed by atoms with Gasteiger partial charge in [-0.3, -0.25) is 20.4 Å². The number of benzene rings is 1. The van der Waals surface area contributed by atoms with Crippen molar-refractivity contribution in [1.82, 2.24) is 10.9 Å². The van der Waals surface area contributed by atoms with Gasteiger partial charge in [0.15, 0.2) is 9.84 Å². The number of sulfone groups is 1. The number of thioether (sulfide) groups is 1. The summed E-state index contributed by atoms with van der Waals surface area (Å²) in [6, 6.07) is 8.07. The first-order valence-electron chi connectivity index (χ1n) is 8.56. The van der Waals surface area contributed by atoms with Crippen LogP contribution in [0.4, 0.5) is 0 Å². The highest BCUT2D eigenvalue weighted by molar-refractivity contribution is 8.00. The highest BCUT2D eigenvalue weighted by Crippen LogP contribution is 2.25. The maximum atomic E-state index is 11.8. The molecule has 1 heterocycles. The largest absolute Gasteiger partial charge is 0.273 e. The number of hydrogen-bond acceptors (Lipinski definition) is 5. The van der Waals surface area contributed by atoms with Gasteiger partial charge in [-0.25, -0.2) is 8.42 Å². The number of nitrogens with one attached hydrogen (secondary N) is 2. The standard InChI is InChI=1S/C18H26N2O4S2/c1-18(2,3)14-4-6-15(7-5-14)25-11-17(22)20-19-16(21)10-13-8-9-26(23,24)12-13/h4-7,13H,8-12H2,1-3H3,(H,19,21)(H,20,22)/t13-/m1/s1. The summed E-state index contributed by atoms with van der Waals surface area (Å²) in [4.78, 5) is 24.6. The quantitative estimate of drug-likeness (QED) is 0.585. The minimum atomic E-state index is -2.99. The van der Waals surface area contributed by atoms with Crippen molar-refractivity contribution in [3.63, 3.8) is 0 Å². The van der Waals surface area contributed by atoms with Gasteiger partial charge in [0.05, 0.1) is 17.3 Å². The van der Waals surface area contributed by atoms with E-state index in [2.05, 4.69) is 43.8 Å². The lowest BCUT2D eigenvalue weighted by molar-refractivity contribution is -0.128. The molecule has 0 radical (unpaired) electrons. The summed E-state index contributed by atoms with van der Waals surface area (Å²) in [6.45, 7) is 6.44. The van der Waals surface area contributed by atoms with Crippen molar-refractivity contribution < 1.29 is 18.0 Å². The van der Waals surface area contributed by atoms with Crippen molar-refractivity contribution in [2.24, 2.45) is 5.92 Å². The maximum Gasteiger partial charge on any atom is 0.248 e. The molecule has 1 aromatic carbocycles. The molecule has 6 nitrogen and oxygen atoms in total. The smallest absolute Gasteiger partial charge is 0.248 e. The van der Waals surface area contributed by atoms with Crippen LogP contribution in [0.3, 0.4) is 0 Å². The lowest BCUT2D eigenvalue weighted by Crippen LogP contribution is -2.43. The summed E-state index contributed by atoms with van der Waals surface area (Å²) in [5.74, 6) is -0.446. The molecular formula is C18H26N2O4S2. The first kappa shape index (κ1) is 20.8. The Morgan fingerprint density at radius 1 is 1.12 bits per heavy atom. The zero-order valence-corrected chi connectivity index (χ0v) is 17.0. The van der Waals surface area contributed by atoms with Gasteiger partial charge >= 0.3 is 0 Å². The first-order chi connectivity index (χ1) is 12.0. The van der Waals surface area contributed by atoms with E-state index in [4.69, 9.17) is 0 Å². The summed E-state index contributed by atoms with van der Waals surface area (Å²) in [5, 5.41) is 0. The molecule has 1 atom stereocenters. The van der Waals surface area contributed by atoms with Gasteiger partial charge in [-0.05, 0) is 35.4 Å². The second-order valence-corrected chi connectivity index (χ2v) is 10.9. The van der Waals surface area contributed by atoms with Crippen LogP contribution in [0.25, 0.3) is 0 Å². The van der Waals surface area contributed by atoms with Crippen LogP contribution >= 0.6 is 11.8 Å². The predicted octanol–water partition coefficient (Wildman–Crippen LogP) is 2.05. The van der Waals surface area contributed by atoms with Crippen LogP contribution in [-0.4, -0.2) is 37.5 Å². The van der Waals surface area contributed by atoms with Gasteiger partial charge in [-0.2, -0.15) is 0 Å². The molecule has 2 amide bonds. The topological polar surface area (TPSA) is 92.3 Å². The minimum absolute atomic E-state index is 0.0504. The van der Waals surface area contributed by atoms with Crippen LogP contribution in [-0.2, 0) is 24.8 Å². The van der Waals surface area contributed by atoms with Gasteiger partial charge in [0, 0.05) is 11.3 Å². The monoisotopic (exact) mass is 398 g/mol. The van der Waals surface area contributed by atoms with Crippen molar-refractivity contribution in [3.05, 3.63) is 29.8 Å². The molecule has 0 aromatic heterocycles. The Labute approximate surface area is 159 Å². The third kappa shape index (κ3) is 6.64. The average Bonchev–Trinajstić information content (AvgIpc) is 2.89. The average molecular weight is 399 g/mol. The van der Waals surface area contributed by atoms with Gasteiger partial charge in [0.2, 0.25) is 11.8 Å². The van der Waals surface area contributed by atoms with E-state index in [1.54, 1.807) is 0 Å². The third-order valence-electron chi connectivity index (χ3n) is 4.23. The van der Waals surface area contributed by atoms with E-state index in [1.165, 1.54) is 17.3 Å². The number of hydrazine groups is 1. The number of amides is 2. The summed E-state index contributed by atoms with van der Waals surface area (Å²) in [6.07, 6.45) is 0.616. The SMILES string of the molecule is CC(C)(C)c1ccc(SCC(=O)NNC(=O)C[C@H]2CCS(=O)(=O)C2)cc1. The molecule has 1 fully saturated rings. The molecule has 2 N–H and O–H groups in total. The van der Waals surface area contributed by atoms with E-state index in [0.717, 1.165) is 4.90 Å². The van der Waals surface area contributed by atoms with Crippen molar-refractivity contribution in [2.75, 3.05) is 17.3 Å². The van der Waals surface area contributed by atoms with E-state index in [0.29, 0.717) is 6.42 Å².